The summed E-state index contributed by atoms with van der Waals surface area (Å²) in [5, 5.41) is 9.39. The predicted octanol–water partition coefficient (Wildman–Crippen LogP) is 4.89. The number of imide groups is 1. The van der Waals surface area contributed by atoms with E-state index in [0.29, 0.717) is 25.7 Å². The van der Waals surface area contributed by atoms with Gasteiger partial charge in [-0.2, -0.15) is 0 Å². The van der Waals surface area contributed by atoms with Gasteiger partial charge < -0.3 is 4.74 Å². The van der Waals surface area contributed by atoms with Gasteiger partial charge in [0.25, 0.3) is 0 Å². The fraction of sp³-hybridized carbons (Fsp3) is 0.560. The topological polar surface area (TPSA) is 95.9 Å². The molecular weight excluding hydrogens is 408 g/mol. The van der Waals surface area contributed by atoms with E-state index in [1.54, 1.807) is 18.5 Å². The van der Waals surface area contributed by atoms with Crippen LogP contribution in [0, 0.1) is 11.8 Å². The van der Waals surface area contributed by atoms with Gasteiger partial charge in [-0.25, -0.2) is 20.0 Å². The molecule has 0 saturated heterocycles. The molecule has 2 N–H and O–H groups in total. The van der Waals surface area contributed by atoms with Gasteiger partial charge in [-0.15, -0.1) is 6.58 Å². The summed E-state index contributed by atoms with van der Waals surface area (Å²) in [7, 11) is 0. The summed E-state index contributed by atoms with van der Waals surface area (Å²) >= 11 is 0. The molecule has 0 heterocycles. The van der Waals surface area contributed by atoms with E-state index in [4.69, 9.17) is 4.74 Å². The molecule has 0 aliphatic heterocycles. The van der Waals surface area contributed by atoms with Gasteiger partial charge in [-0.05, 0) is 44.1 Å². The quantitative estimate of drug-likeness (QED) is 0.195. The zero-order valence-corrected chi connectivity index (χ0v) is 19.8. The first kappa shape index (κ1) is 27.4. The van der Waals surface area contributed by atoms with Crippen molar-refractivity contribution in [3.05, 3.63) is 48.6 Å². The minimum atomic E-state index is -1.20. The maximum Gasteiger partial charge on any atom is 0.348 e. The number of hydroxylamine groups is 1. The van der Waals surface area contributed by atoms with Crippen molar-refractivity contribution in [2.24, 2.45) is 11.8 Å². The van der Waals surface area contributed by atoms with Crippen LogP contribution in [0.4, 0.5) is 4.79 Å². The number of hydrogen-bond donors (Lipinski definition) is 2. The second kappa shape index (κ2) is 14.4. The third-order valence-corrected chi connectivity index (χ3v) is 5.24. The summed E-state index contributed by atoms with van der Waals surface area (Å²) in [4.78, 5) is 40.2. The molecule has 0 aliphatic carbocycles. The number of nitrogens with one attached hydrogen (secondary N) is 1. The molecule has 0 aliphatic rings. The number of carbonyl (C=O) groups excluding carboxylic acids is 3. The number of amides is 3. The van der Waals surface area contributed by atoms with Crippen LogP contribution in [-0.2, 0) is 20.7 Å². The van der Waals surface area contributed by atoms with Gasteiger partial charge in [0.15, 0.2) is 0 Å². The van der Waals surface area contributed by atoms with Crippen molar-refractivity contribution < 1.29 is 24.3 Å². The van der Waals surface area contributed by atoms with E-state index in [1.165, 1.54) is 0 Å². The van der Waals surface area contributed by atoms with Gasteiger partial charge >= 0.3 is 12.0 Å². The monoisotopic (exact) mass is 446 g/mol. The zero-order chi connectivity index (χ0) is 24.1. The van der Waals surface area contributed by atoms with E-state index in [1.807, 2.05) is 51.1 Å². The number of urea groups is 1. The molecule has 0 spiro atoms. The molecule has 0 saturated carbocycles. The Morgan fingerprint density at radius 1 is 1.16 bits per heavy atom. The maximum atomic E-state index is 13.5. The molecule has 3 atom stereocenters. The van der Waals surface area contributed by atoms with E-state index in [-0.39, 0.29) is 18.4 Å². The predicted molar refractivity (Wildman–Crippen MR) is 124 cm³/mol. The Balaban J connectivity index is 3.35. The number of nitrogens with zero attached hydrogens (tertiary/aromatic N) is 1. The molecule has 7 heteroatoms. The minimum Gasteiger partial charge on any atom is -0.461 e. The minimum absolute atomic E-state index is 0.0908. The molecule has 0 aromatic heterocycles. The number of benzene rings is 1. The van der Waals surface area contributed by atoms with Crippen LogP contribution in [0.1, 0.15) is 65.4 Å². The first-order valence-electron chi connectivity index (χ1n) is 11.4. The first-order valence-corrected chi connectivity index (χ1v) is 11.4. The fourth-order valence-corrected chi connectivity index (χ4v) is 3.74. The molecule has 7 nitrogen and oxygen atoms in total. The summed E-state index contributed by atoms with van der Waals surface area (Å²) in [6, 6.07) is 6.88. The SMILES string of the molecule is C=CCCC(CC(C)C)C(=O)N(C(=O)NO)[C@@H](Cc1ccccc1)C(=O)O[C@@H](C)CCC. The van der Waals surface area contributed by atoms with Crippen LogP contribution < -0.4 is 5.48 Å². The lowest BCUT2D eigenvalue weighted by atomic mass is 9.90. The number of ether oxygens (including phenoxy) is 1. The van der Waals surface area contributed by atoms with Crippen molar-refractivity contribution in [3.63, 3.8) is 0 Å². The van der Waals surface area contributed by atoms with Crippen LogP contribution >= 0.6 is 0 Å². The van der Waals surface area contributed by atoms with Crippen LogP contribution in [0.3, 0.4) is 0 Å². The summed E-state index contributed by atoms with van der Waals surface area (Å²) < 4.78 is 5.58. The maximum absolute atomic E-state index is 13.5. The second-order valence-corrected chi connectivity index (χ2v) is 8.56. The molecule has 178 valence electrons. The van der Waals surface area contributed by atoms with E-state index in [9.17, 15) is 19.6 Å². The molecule has 1 unspecified atom stereocenters. The van der Waals surface area contributed by atoms with E-state index in [2.05, 4.69) is 6.58 Å². The number of allylic oxidation sites excluding steroid dienone is 1. The number of carbonyl (C=O) groups is 3. The molecule has 1 rings (SSSR count). The van der Waals surface area contributed by atoms with Gasteiger partial charge in [0.2, 0.25) is 5.91 Å². The highest BCUT2D eigenvalue weighted by atomic mass is 16.5. The second-order valence-electron chi connectivity index (χ2n) is 8.56. The van der Waals surface area contributed by atoms with Gasteiger partial charge in [0.05, 0.1) is 6.10 Å². The normalized spacial score (nSPS) is 13.7. The molecule has 1 aromatic rings. The average Bonchev–Trinajstić information content (AvgIpc) is 2.76. The number of esters is 1. The Morgan fingerprint density at radius 2 is 1.81 bits per heavy atom. The Bertz CT molecular complexity index is 735. The smallest absolute Gasteiger partial charge is 0.348 e. The fourth-order valence-electron chi connectivity index (χ4n) is 3.74. The van der Waals surface area contributed by atoms with Crippen molar-refractivity contribution in [3.8, 4) is 0 Å². The van der Waals surface area contributed by atoms with Gasteiger partial charge in [-0.3, -0.25) is 10.0 Å². The van der Waals surface area contributed by atoms with E-state index in [0.717, 1.165) is 16.9 Å². The van der Waals surface area contributed by atoms with Crippen LogP contribution in [-0.4, -0.2) is 40.2 Å². The molecule has 0 bridgehead atoms. The lowest BCUT2D eigenvalue weighted by molar-refractivity contribution is -0.158. The standard InChI is InChI=1S/C25H38N2O5/c1-6-8-15-21(16-18(3)4)23(28)27(25(30)26-31)22(17-20-13-10-9-11-14-20)24(29)32-19(5)12-7-2/h6,9-11,13-14,18-19,21-22,31H,1,7-8,12,15-17H2,2-5H3,(H,26,30)/t19-,21?,22-/m0/s1. The Kier molecular flexibility index (Phi) is 12.3. The van der Waals surface area contributed by atoms with Gasteiger partial charge in [0.1, 0.15) is 6.04 Å². The largest absolute Gasteiger partial charge is 0.461 e. The highest BCUT2D eigenvalue weighted by Gasteiger charge is 2.39. The number of hydrogen-bond acceptors (Lipinski definition) is 5. The summed E-state index contributed by atoms with van der Waals surface area (Å²) in [6.07, 6.45) is 4.59. The van der Waals surface area contributed by atoms with E-state index < -0.39 is 29.9 Å². The van der Waals surface area contributed by atoms with Crippen LogP contribution in [0.15, 0.2) is 43.0 Å². The number of rotatable bonds is 13. The zero-order valence-electron chi connectivity index (χ0n) is 19.8. The Hall–Kier alpha value is -2.67. The van der Waals surface area contributed by atoms with Crippen molar-refractivity contribution in [2.45, 2.75) is 78.4 Å². The molecule has 3 amide bonds. The van der Waals surface area contributed by atoms with Crippen molar-refractivity contribution in [2.75, 3.05) is 0 Å². The lowest BCUT2D eigenvalue weighted by Crippen LogP contribution is -2.55. The molecule has 0 radical (unpaired) electrons. The first-order chi connectivity index (χ1) is 15.2. The van der Waals surface area contributed by atoms with E-state index >= 15 is 0 Å². The van der Waals surface area contributed by atoms with Crippen LogP contribution in [0.2, 0.25) is 0 Å². The van der Waals surface area contributed by atoms with Gasteiger partial charge in [0, 0.05) is 12.3 Å². The third-order valence-electron chi connectivity index (χ3n) is 5.24. The Morgan fingerprint density at radius 3 is 2.34 bits per heavy atom. The van der Waals surface area contributed by atoms with Gasteiger partial charge in [-0.1, -0.05) is 63.6 Å². The highest BCUT2D eigenvalue weighted by molar-refractivity contribution is 5.99. The summed E-state index contributed by atoms with van der Waals surface area (Å²) in [5.41, 5.74) is 2.32. The Labute approximate surface area is 191 Å². The summed E-state index contributed by atoms with van der Waals surface area (Å²) in [5.74, 6) is -1.46. The molecular formula is C25H38N2O5. The van der Waals surface area contributed by atoms with Crippen molar-refractivity contribution in [1.82, 2.24) is 10.4 Å². The van der Waals surface area contributed by atoms with Crippen LogP contribution in [0.5, 0.6) is 0 Å². The van der Waals surface area contributed by atoms with Crippen molar-refractivity contribution in [1.29, 1.82) is 0 Å². The summed E-state index contributed by atoms with van der Waals surface area (Å²) in [6.45, 7) is 11.5. The van der Waals surface area contributed by atoms with Crippen molar-refractivity contribution >= 4 is 17.9 Å². The molecule has 0 fully saturated rings. The molecule has 1 aromatic carbocycles. The highest BCUT2D eigenvalue weighted by Crippen LogP contribution is 2.24. The molecule has 32 heavy (non-hydrogen) atoms. The average molecular weight is 447 g/mol. The third kappa shape index (κ3) is 8.83. The lowest BCUT2D eigenvalue weighted by Gasteiger charge is -2.32. The van der Waals surface area contributed by atoms with Crippen LogP contribution in [0.25, 0.3) is 0 Å².